The number of hydrogen-bond donors (Lipinski definition) is 3. The molecule has 5 heteroatoms. The predicted octanol–water partition coefficient (Wildman–Crippen LogP) is 1.01. The molecule has 1 aliphatic rings. The van der Waals surface area contributed by atoms with Crippen molar-refractivity contribution in [1.29, 1.82) is 0 Å². The number of rotatable bonds is 6. The van der Waals surface area contributed by atoms with Crippen molar-refractivity contribution in [2.45, 2.75) is 32.4 Å². The summed E-state index contributed by atoms with van der Waals surface area (Å²) in [5.41, 5.74) is 1.77. The summed E-state index contributed by atoms with van der Waals surface area (Å²) in [6, 6.07) is 7.97. The van der Waals surface area contributed by atoms with Crippen LogP contribution in [0.15, 0.2) is 24.3 Å². The highest BCUT2D eigenvalue weighted by molar-refractivity contribution is 5.88. The Morgan fingerprint density at radius 2 is 1.89 bits per heavy atom. The van der Waals surface area contributed by atoms with Gasteiger partial charge in [-0.3, -0.25) is 9.59 Å². The Labute approximate surface area is 112 Å². The van der Waals surface area contributed by atoms with Gasteiger partial charge >= 0.3 is 0 Å². The highest BCUT2D eigenvalue weighted by Gasteiger charge is 2.20. The fraction of sp³-hybridized carbons (Fsp3) is 0.429. The minimum absolute atomic E-state index is 0.0119. The fourth-order valence-corrected chi connectivity index (χ4v) is 1.70. The summed E-state index contributed by atoms with van der Waals surface area (Å²) >= 11 is 0. The summed E-state index contributed by atoms with van der Waals surface area (Å²) in [5.74, 6) is -0.0787. The first-order valence-corrected chi connectivity index (χ1v) is 6.50. The minimum Gasteiger partial charge on any atom is -0.351 e. The molecule has 0 atom stereocenters. The van der Waals surface area contributed by atoms with Crippen molar-refractivity contribution in [2.75, 3.05) is 11.9 Å². The molecule has 5 nitrogen and oxygen atoms in total. The molecule has 1 aromatic rings. The Kier molecular flexibility index (Phi) is 4.52. The molecule has 0 bridgehead atoms. The van der Waals surface area contributed by atoms with E-state index in [2.05, 4.69) is 16.0 Å². The van der Waals surface area contributed by atoms with Crippen molar-refractivity contribution >= 4 is 17.5 Å². The summed E-state index contributed by atoms with van der Waals surface area (Å²) < 4.78 is 0. The van der Waals surface area contributed by atoms with Gasteiger partial charge in [0.1, 0.15) is 0 Å². The van der Waals surface area contributed by atoms with Crippen LogP contribution in [-0.4, -0.2) is 24.4 Å². The highest BCUT2D eigenvalue weighted by Crippen LogP contribution is 2.17. The monoisotopic (exact) mass is 261 g/mol. The van der Waals surface area contributed by atoms with Crippen LogP contribution in [0.1, 0.15) is 25.3 Å². The van der Waals surface area contributed by atoms with Crippen LogP contribution < -0.4 is 16.0 Å². The lowest BCUT2D eigenvalue weighted by Crippen LogP contribution is -2.34. The quantitative estimate of drug-likeness (QED) is 0.716. The van der Waals surface area contributed by atoms with E-state index in [1.54, 1.807) is 0 Å². The average molecular weight is 261 g/mol. The van der Waals surface area contributed by atoms with Crippen LogP contribution in [0.25, 0.3) is 0 Å². The molecule has 3 N–H and O–H groups in total. The number of carbonyl (C=O) groups is 2. The molecule has 0 radical (unpaired) electrons. The Hall–Kier alpha value is -1.88. The van der Waals surface area contributed by atoms with Crippen LogP contribution in [-0.2, 0) is 16.1 Å². The first-order valence-electron chi connectivity index (χ1n) is 6.50. The van der Waals surface area contributed by atoms with E-state index in [0.29, 0.717) is 19.1 Å². The predicted molar refractivity (Wildman–Crippen MR) is 73.6 cm³/mol. The zero-order valence-electron chi connectivity index (χ0n) is 11.0. The minimum atomic E-state index is -0.0906. The molecule has 1 aliphatic carbocycles. The van der Waals surface area contributed by atoms with E-state index >= 15 is 0 Å². The number of amides is 2. The maximum absolute atomic E-state index is 11.5. The van der Waals surface area contributed by atoms with Crippen molar-refractivity contribution in [3.63, 3.8) is 0 Å². The largest absolute Gasteiger partial charge is 0.351 e. The standard InChI is InChI=1S/C14H19N3O2/c1-10(18)17-13-4-2-11(3-5-13)8-16-14(19)9-15-12-6-7-12/h2-5,12,15H,6-9H2,1H3,(H,16,19)(H,17,18). The van der Waals surface area contributed by atoms with Gasteiger partial charge in [-0.25, -0.2) is 0 Å². The van der Waals surface area contributed by atoms with Gasteiger partial charge in [-0.2, -0.15) is 0 Å². The summed E-state index contributed by atoms with van der Waals surface area (Å²) in [6.45, 7) is 2.36. The van der Waals surface area contributed by atoms with E-state index in [-0.39, 0.29) is 11.8 Å². The Morgan fingerprint density at radius 1 is 1.21 bits per heavy atom. The van der Waals surface area contributed by atoms with Crippen molar-refractivity contribution in [2.24, 2.45) is 0 Å². The number of benzene rings is 1. The summed E-state index contributed by atoms with van der Waals surface area (Å²) in [5, 5.41) is 8.72. The Bertz CT molecular complexity index is 452. The maximum Gasteiger partial charge on any atom is 0.234 e. The van der Waals surface area contributed by atoms with Gasteiger partial charge in [-0.05, 0) is 30.5 Å². The SMILES string of the molecule is CC(=O)Nc1ccc(CNC(=O)CNC2CC2)cc1. The molecule has 0 heterocycles. The molecule has 0 aromatic heterocycles. The van der Waals surface area contributed by atoms with Crippen LogP contribution in [0.4, 0.5) is 5.69 Å². The Morgan fingerprint density at radius 3 is 2.47 bits per heavy atom. The molecule has 0 aliphatic heterocycles. The lowest BCUT2D eigenvalue weighted by Gasteiger charge is -2.07. The first kappa shape index (κ1) is 13.5. The third-order valence-electron chi connectivity index (χ3n) is 2.89. The van der Waals surface area contributed by atoms with Crippen LogP contribution >= 0.6 is 0 Å². The second-order valence-corrected chi connectivity index (χ2v) is 4.81. The van der Waals surface area contributed by atoms with Gasteiger partial charge in [0.25, 0.3) is 0 Å². The van der Waals surface area contributed by atoms with E-state index in [1.165, 1.54) is 19.8 Å². The van der Waals surface area contributed by atoms with Crippen molar-refractivity contribution in [1.82, 2.24) is 10.6 Å². The molecule has 2 rings (SSSR count). The van der Waals surface area contributed by atoms with Crippen LogP contribution in [0, 0.1) is 0 Å². The van der Waals surface area contributed by atoms with Crippen molar-refractivity contribution < 1.29 is 9.59 Å². The van der Waals surface area contributed by atoms with Gasteiger partial charge in [0, 0.05) is 25.2 Å². The summed E-state index contributed by atoms with van der Waals surface area (Å²) in [7, 11) is 0. The van der Waals surface area contributed by atoms with Crippen LogP contribution in [0.3, 0.4) is 0 Å². The average Bonchev–Trinajstić information content (AvgIpc) is 3.19. The highest BCUT2D eigenvalue weighted by atomic mass is 16.2. The van der Waals surface area contributed by atoms with E-state index in [0.717, 1.165) is 11.3 Å². The zero-order chi connectivity index (χ0) is 13.7. The zero-order valence-corrected chi connectivity index (χ0v) is 11.0. The maximum atomic E-state index is 11.5. The Balaban J connectivity index is 1.72. The number of hydrogen-bond acceptors (Lipinski definition) is 3. The smallest absolute Gasteiger partial charge is 0.234 e. The van der Waals surface area contributed by atoms with E-state index in [1.807, 2.05) is 24.3 Å². The first-order chi connectivity index (χ1) is 9.13. The van der Waals surface area contributed by atoms with Crippen LogP contribution in [0.2, 0.25) is 0 Å². The molecule has 0 saturated heterocycles. The van der Waals surface area contributed by atoms with E-state index < -0.39 is 0 Å². The van der Waals surface area contributed by atoms with Gasteiger partial charge in [-0.1, -0.05) is 12.1 Å². The van der Waals surface area contributed by atoms with E-state index in [9.17, 15) is 9.59 Å². The molecule has 1 saturated carbocycles. The molecular weight excluding hydrogens is 242 g/mol. The molecule has 0 spiro atoms. The molecule has 19 heavy (non-hydrogen) atoms. The number of anilines is 1. The van der Waals surface area contributed by atoms with Crippen molar-refractivity contribution in [3.05, 3.63) is 29.8 Å². The third-order valence-corrected chi connectivity index (χ3v) is 2.89. The number of carbonyl (C=O) groups excluding carboxylic acids is 2. The molecule has 0 unspecified atom stereocenters. The molecule has 1 aromatic carbocycles. The third kappa shape index (κ3) is 5.09. The van der Waals surface area contributed by atoms with Gasteiger partial charge in [-0.15, -0.1) is 0 Å². The van der Waals surface area contributed by atoms with E-state index in [4.69, 9.17) is 0 Å². The summed E-state index contributed by atoms with van der Waals surface area (Å²) in [4.78, 5) is 22.4. The van der Waals surface area contributed by atoms with Crippen LogP contribution in [0.5, 0.6) is 0 Å². The van der Waals surface area contributed by atoms with Gasteiger partial charge < -0.3 is 16.0 Å². The second-order valence-electron chi connectivity index (χ2n) is 4.81. The molecule has 2 amide bonds. The fourth-order valence-electron chi connectivity index (χ4n) is 1.70. The van der Waals surface area contributed by atoms with Gasteiger partial charge in [0.05, 0.1) is 6.54 Å². The molecule has 102 valence electrons. The summed E-state index contributed by atoms with van der Waals surface area (Å²) in [6.07, 6.45) is 2.36. The topological polar surface area (TPSA) is 70.2 Å². The number of nitrogens with one attached hydrogen (secondary N) is 3. The van der Waals surface area contributed by atoms with Gasteiger partial charge in [0.15, 0.2) is 0 Å². The second kappa shape index (κ2) is 6.33. The van der Waals surface area contributed by atoms with Crippen molar-refractivity contribution in [3.8, 4) is 0 Å². The normalized spacial score (nSPS) is 13.9. The lowest BCUT2D eigenvalue weighted by atomic mass is 10.2. The molecule has 1 fully saturated rings. The molecular formula is C14H19N3O2. The lowest BCUT2D eigenvalue weighted by molar-refractivity contribution is -0.120. The van der Waals surface area contributed by atoms with Gasteiger partial charge in [0.2, 0.25) is 11.8 Å².